The third kappa shape index (κ3) is 5.48. The summed E-state index contributed by atoms with van der Waals surface area (Å²) in [5.74, 6) is 1.13. The zero-order valence-corrected chi connectivity index (χ0v) is 16.1. The van der Waals surface area contributed by atoms with Gasteiger partial charge >= 0.3 is 5.97 Å². The Bertz CT molecular complexity index is 684. The Labute approximate surface area is 157 Å². The lowest BCUT2D eigenvalue weighted by atomic mass is 10.1. The normalized spacial score (nSPS) is 10.7. The summed E-state index contributed by atoms with van der Waals surface area (Å²) >= 11 is 0. The number of aliphatic imine (C=N–C) groups is 1. The molecular weight excluding hydrogens is 423 g/mol. The molecule has 0 aliphatic rings. The summed E-state index contributed by atoms with van der Waals surface area (Å²) in [5.41, 5.74) is 1.56. The van der Waals surface area contributed by atoms with Crippen LogP contribution in [-0.2, 0) is 24.9 Å². The largest absolute Gasteiger partial charge is 0.465 e. The summed E-state index contributed by atoms with van der Waals surface area (Å²) < 4.78 is 6.37. The van der Waals surface area contributed by atoms with Crippen molar-refractivity contribution in [2.24, 2.45) is 12.0 Å². The SMILES string of the molecule is CN=C(NCc1ccc(C(=O)OC)cc1)NCc1ncnn1C.I. The molecule has 0 atom stereocenters. The quantitative estimate of drug-likeness (QED) is 0.311. The molecule has 0 aliphatic carbocycles. The van der Waals surface area contributed by atoms with Crippen LogP contribution < -0.4 is 10.6 Å². The zero-order chi connectivity index (χ0) is 16.7. The Morgan fingerprint density at radius 3 is 2.46 bits per heavy atom. The van der Waals surface area contributed by atoms with E-state index in [0.717, 1.165) is 11.4 Å². The zero-order valence-electron chi connectivity index (χ0n) is 13.8. The van der Waals surface area contributed by atoms with Crippen LogP contribution in [-0.4, -0.2) is 40.9 Å². The Balaban J connectivity index is 0.00000288. The summed E-state index contributed by atoms with van der Waals surface area (Å²) in [6.07, 6.45) is 1.51. The smallest absolute Gasteiger partial charge is 0.337 e. The second-order valence-corrected chi connectivity index (χ2v) is 4.77. The van der Waals surface area contributed by atoms with Crippen LogP contribution in [0.15, 0.2) is 35.6 Å². The van der Waals surface area contributed by atoms with Crippen molar-refractivity contribution in [1.29, 1.82) is 0 Å². The molecule has 2 rings (SSSR count). The third-order valence-corrected chi connectivity index (χ3v) is 3.28. The lowest BCUT2D eigenvalue weighted by Crippen LogP contribution is -2.36. The van der Waals surface area contributed by atoms with E-state index in [1.807, 2.05) is 19.2 Å². The van der Waals surface area contributed by atoms with Gasteiger partial charge in [-0.25, -0.2) is 9.78 Å². The number of hydrogen-bond acceptors (Lipinski definition) is 5. The number of esters is 1. The predicted octanol–water partition coefficient (Wildman–Crippen LogP) is 1.08. The molecule has 1 aromatic carbocycles. The maximum absolute atomic E-state index is 11.4. The summed E-state index contributed by atoms with van der Waals surface area (Å²) in [7, 11) is 4.90. The minimum atomic E-state index is -0.342. The summed E-state index contributed by atoms with van der Waals surface area (Å²) in [4.78, 5) is 19.7. The van der Waals surface area contributed by atoms with Crippen molar-refractivity contribution in [2.45, 2.75) is 13.1 Å². The van der Waals surface area contributed by atoms with Crippen molar-refractivity contribution in [2.75, 3.05) is 14.2 Å². The van der Waals surface area contributed by atoms with Gasteiger partial charge in [-0.3, -0.25) is 9.67 Å². The van der Waals surface area contributed by atoms with Gasteiger partial charge in [0.25, 0.3) is 0 Å². The predicted molar refractivity (Wildman–Crippen MR) is 101 cm³/mol. The Morgan fingerprint density at radius 2 is 1.92 bits per heavy atom. The summed E-state index contributed by atoms with van der Waals surface area (Å²) in [6.45, 7) is 1.11. The number of hydrogen-bond donors (Lipinski definition) is 2. The van der Waals surface area contributed by atoms with Gasteiger partial charge in [0.1, 0.15) is 12.2 Å². The molecule has 0 bridgehead atoms. The van der Waals surface area contributed by atoms with Crippen molar-refractivity contribution >= 4 is 35.9 Å². The highest BCUT2D eigenvalue weighted by atomic mass is 127. The maximum Gasteiger partial charge on any atom is 0.337 e. The molecule has 2 aromatic rings. The molecule has 0 aliphatic heterocycles. The van der Waals surface area contributed by atoms with Crippen LogP contribution in [0.3, 0.4) is 0 Å². The number of aryl methyl sites for hydroxylation is 1. The molecule has 0 unspecified atom stereocenters. The number of carbonyl (C=O) groups is 1. The van der Waals surface area contributed by atoms with Crippen molar-refractivity contribution in [3.63, 3.8) is 0 Å². The van der Waals surface area contributed by atoms with Crippen molar-refractivity contribution in [1.82, 2.24) is 25.4 Å². The Morgan fingerprint density at radius 1 is 1.25 bits per heavy atom. The Kier molecular flexibility index (Phi) is 8.16. The molecule has 1 aromatic heterocycles. The molecule has 0 spiro atoms. The maximum atomic E-state index is 11.4. The Hall–Kier alpha value is -2.17. The second-order valence-electron chi connectivity index (χ2n) is 4.77. The molecule has 8 nitrogen and oxygen atoms in total. The van der Waals surface area contributed by atoms with E-state index in [1.165, 1.54) is 13.4 Å². The van der Waals surface area contributed by atoms with Gasteiger partial charge < -0.3 is 15.4 Å². The van der Waals surface area contributed by atoms with E-state index < -0.39 is 0 Å². The van der Waals surface area contributed by atoms with Crippen molar-refractivity contribution in [3.8, 4) is 0 Å². The number of aromatic nitrogens is 3. The molecule has 9 heteroatoms. The van der Waals surface area contributed by atoms with Crippen molar-refractivity contribution in [3.05, 3.63) is 47.5 Å². The molecule has 130 valence electrons. The van der Waals surface area contributed by atoms with Crippen LogP contribution >= 0.6 is 24.0 Å². The summed E-state index contributed by atoms with van der Waals surface area (Å²) in [5, 5.41) is 10.4. The highest BCUT2D eigenvalue weighted by Crippen LogP contribution is 2.05. The number of halogens is 1. The number of benzene rings is 1. The molecule has 1 heterocycles. The second kappa shape index (κ2) is 9.85. The van der Waals surface area contributed by atoms with Crippen LogP contribution in [0, 0.1) is 0 Å². The van der Waals surface area contributed by atoms with Crippen LogP contribution in [0.1, 0.15) is 21.7 Å². The first-order valence-corrected chi connectivity index (χ1v) is 7.08. The fraction of sp³-hybridized carbons (Fsp3) is 0.333. The molecule has 0 amide bonds. The molecule has 24 heavy (non-hydrogen) atoms. The number of nitrogens with zero attached hydrogens (tertiary/aromatic N) is 4. The monoisotopic (exact) mass is 444 g/mol. The van der Waals surface area contributed by atoms with E-state index in [0.29, 0.717) is 24.6 Å². The molecule has 0 saturated carbocycles. The highest BCUT2D eigenvalue weighted by molar-refractivity contribution is 14.0. The van der Waals surface area contributed by atoms with Gasteiger partial charge in [-0.1, -0.05) is 12.1 Å². The fourth-order valence-electron chi connectivity index (χ4n) is 1.93. The van der Waals surface area contributed by atoms with Crippen LogP contribution in [0.2, 0.25) is 0 Å². The van der Waals surface area contributed by atoms with E-state index in [1.54, 1.807) is 23.9 Å². The molecule has 2 N–H and O–H groups in total. The molecule has 0 fully saturated rings. The van der Waals surface area contributed by atoms with Crippen LogP contribution in [0.5, 0.6) is 0 Å². The van der Waals surface area contributed by atoms with Crippen molar-refractivity contribution < 1.29 is 9.53 Å². The lowest BCUT2D eigenvalue weighted by Gasteiger charge is -2.11. The standard InChI is InChI=1S/C15H20N6O2.HI/c1-16-15(18-9-13-19-10-20-21(13)2)17-8-11-4-6-12(7-5-11)14(22)23-3;/h4-7,10H,8-9H2,1-3H3,(H2,16,17,18);1H. The number of rotatable bonds is 5. The van der Waals surface area contributed by atoms with Gasteiger partial charge in [-0.2, -0.15) is 5.10 Å². The van der Waals surface area contributed by atoms with E-state index in [2.05, 4.69) is 30.4 Å². The minimum Gasteiger partial charge on any atom is -0.465 e. The van der Waals surface area contributed by atoms with Gasteiger partial charge in [0.15, 0.2) is 5.96 Å². The fourth-order valence-corrected chi connectivity index (χ4v) is 1.93. The van der Waals surface area contributed by atoms with E-state index in [4.69, 9.17) is 0 Å². The molecular formula is C15H21IN6O2. The highest BCUT2D eigenvalue weighted by Gasteiger charge is 2.05. The number of methoxy groups -OCH3 is 1. The van der Waals surface area contributed by atoms with E-state index in [-0.39, 0.29) is 29.9 Å². The topological polar surface area (TPSA) is 93.4 Å². The van der Waals surface area contributed by atoms with Gasteiger partial charge in [0.2, 0.25) is 0 Å². The number of guanidine groups is 1. The van der Waals surface area contributed by atoms with Gasteiger partial charge in [-0.15, -0.1) is 24.0 Å². The average Bonchev–Trinajstić information content (AvgIpc) is 3.00. The first-order valence-electron chi connectivity index (χ1n) is 7.08. The number of ether oxygens (including phenoxy) is 1. The van der Waals surface area contributed by atoms with Crippen LogP contribution in [0.4, 0.5) is 0 Å². The minimum absolute atomic E-state index is 0. The molecule has 0 saturated heterocycles. The molecule has 0 radical (unpaired) electrons. The third-order valence-electron chi connectivity index (χ3n) is 3.28. The first-order chi connectivity index (χ1) is 11.1. The summed E-state index contributed by atoms with van der Waals surface area (Å²) in [6, 6.07) is 7.21. The van der Waals surface area contributed by atoms with E-state index >= 15 is 0 Å². The van der Waals surface area contributed by atoms with Gasteiger partial charge in [0.05, 0.1) is 19.2 Å². The number of carbonyl (C=O) groups excluding carboxylic acids is 1. The average molecular weight is 444 g/mol. The van der Waals surface area contributed by atoms with Crippen LogP contribution in [0.25, 0.3) is 0 Å². The van der Waals surface area contributed by atoms with E-state index in [9.17, 15) is 4.79 Å². The lowest BCUT2D eigenvalue weighted by molar-refractivity contribution is 0.0600. The first kappa shape index (κ1) is 19.9. The van der Waals surface area contributed by atoms with Gasteiger partial charge in [0, 0.05) is 20.6 Å². The number of nitrogens with one attached hydrogen (secondary N) is 2. The van der Waals surface area contributed by atoms with Gasteiger partial charge in [-0.05, 0) is 17.7 Å².